The monoisotopic (exact) mass is 444 g/mol. The van der Waals surface area contributed by atoms with Crippen molar-refractivity contribution in [1.82, 2.24) is 14.3 Å². The van der Waals surface area contributed by atoms with E-state index in [9.17, 15) is 14.0 Å². The number of hydrogen-bond acceptors (Lipinski definition) is 4. The lowest BCUT2D eigenvalue weighted by atomic mass is 10.2. The third-order valence-electron chi connectivity index (χ3n) is 5.06. The molecule has 0 atom stereocenters. The van der Waals surface area contributed by atoms with Crippen LogP contribution >= 0.6 is 11.3 Å². The molecule has 5 rings (SSSR count). The predicted octanol–water partition coefficient (Wildman–Crippen LogP) is 4.69. The summed E-state index contributed by atoms with van der Waals surface area (Å²) in [6.07, 6.45) is 1.79. The highest BCUT2D eigenvalue weighted by Crippen LogP contribution is 2.20. The first-order valence-electron chi connectivity index (χ1n) is 9.84. The molecular formula is C24H17FN4O2S. The largest absolute Gasteiger partial charge is 0.322 e. The SMILES string of the molecule is O=C(Nc1cccc(Cn2nc(-n3ccc4ccc(F)cc43)ccc2=O)c1)c1ccsc1. The van der Waals surface area contributed by atoms with Gasteiger partial charge in [0, 0.05) is 28.7 Å². The van der Waals surface area contributed by atoms with Crippen LogP contribution in [0.2, 0.25) is 0 Å². The van der Waals surface area contributed by atoms with Crippen molar-refractivity contribution in [2.45, 2.75) is 6.54 Å². The van der Waals surface area contributed by atoms with E-state index in [0.29, 0.717) is 22.6 Å². The fourth-order valence-electron chi connectivity index (χ4n) is 3.50. The molecule has 3 heterocycles. The maximum absolute atomic E-state index is 13.7. The molecule has 0 fully saturated rings. The highest BCUT2D eigenvalue weighted by atomic mass is 32.1. The molecular weight excluding hydrogens is 427 g/mol. The Labute approximate surface area is 186 Å². The Bertz CT molecular complexity index is 1490. The van der Waals surface area contributed by atoms with Crippen LogP contribution in [-0.2, 0) is 6.54 Å². The number of thiophene rings is 1. The number of carbonyl (C=O) groups excluding carboxylic acids is 1. The van der Waals surface area contributed by atoms with Crippen LogP contribution in [0.3, 0.4) is 0 Å². The minimum atomic E-state index is -0.341. The number of anilines is 1. The van der Waals surface area contributed by atoms with E-state index >= 15 is 0 Å². The molecule has 0 aliphatic carbocycles. The third-order valence-corrected chi connectivity index (χ3v) is 5.74. The molecule has 0 saturated heterocycles. The van der Waals surface area contributed by atoms with E-state index in [1.54, 1.807) is 40.4 Å². The Balaban J connectivity index is 1.43. The van der Waals surface area contributed by atoms with Gasteiger partial charge < -0.3 is 5.32 Å². The van der Waals surface area contributed by atoms with Crippen molar-refractivity contribution in [3.63, 3.8) is 0 Å². The Morgan fingerprint density at radius 3 is 2.81 bits per heavy atom. The van der Waals surface area contributed by atoms with E-state index in [2.05, 4.69) is 10.4 Å². The van der Waals surface area contributed by atoms with Gasteiger partial charge in [-0.1, -0.05) is 12.1 Å². The zero-order valence-electron chi connectivity index (χ0n) is 16.7. The molecule has 2 aromatic carbocycles. The highest BCUT2D eigenvalue weighted by molar-refractivity contribution is 7.08. The number of aromatic nitrogens is 3. The van der Waals surface area contributed by atoms with E-state index < -0.39 is 0 Å². The Hall–Kier alpha value is -4.04. The first kappa shape index (κ1) is 19.9. The second kappa shape index (κ2) is 8.24. The summed E-state index contributed by atoms with van der Waals surface area (Å²) < 4.78 is 16.8. The third kappa shape index (κ3) is 3.95. The minimum Gasteiger partial charge on any atom is -0.322 e. The average Bonchev–Trinajstić information content (AvgIpc) is 3.46. The summed E-state index contributed by atoms with van der Waals surface area (Å²) in [5.74, 6) is -0.0217. The maximum Gasteiger partial charge on any atom is 0.267 e. The van der Waals surface area contributed by atoms with Crippen molar-refractivity contribution in [2.24, 2.45) is 0 Å². The van der Waals surface area contributed by atoms with Gasteiger partial charge in [0.05, 0.1) is 17.6 Å². The fourth-order valence-corrected chi connectivity index (χ4v) is 4.13. The van der Waals surface area contributed by atoms with Crippen LogP contribution in [0.25, 0.3) is 16.7 Å². The van der Waals surface area contributed by atoms with Crippen molar-refractivity contribution in [3.8, 4) is 5.82 Å². The molecule has 32 heavy (non-hydrogen) atoms. The van der Waals surface area contributed by atoms with Crippen LogP contribution < -0.4 is 10.9 Å². The van der Waals surface area contributed by atoms with Gasteiger partial charge in [0.1, 0.15) is 5.82 Å². The number of rotatable bonds is 5. The standard InChI is InChI=1S/C24H17FN4O2S/c25-19-5-4-17-8-10-28(21(17)13-19)22-6-7-23(30)29(27-22)14-16-2-1-3-20(12-16)26-24(31)18-9-11-32-15-18/h1-13,15H,14H2,(H,26,31). The van der Waals surface area contributed by atoms with Gasteiger partial charge in [-0.05, 0) is 59.5 Å². The molecule has 1 N–H and O–H groups in total. The number of carbonyl (C=O) groups is 1. The van der Waals surface area contributed by atoms with E-state index in [1.807, 2.05) is 29.6 Å². The molecule has 5 aromatic rings. The molecule has 0 spiro atoms. The molecule has 8 heteroatoms. The van der Waals surface area contributed by atoms with E-state index in [4.69, 9.17) is 0 Å². The van der Waals surface area contributed by atoms with E-state index in [1.165, 1.54) is 34.2 Å². The second-order valence-corrected chi connectivity index (χ2v) is 8.02. The van der Waals surface area contributed by atoms with Crippen LogP contribution in [0.4, 0.5) is 10.1 Å². The van der Waals surface area contributed by atoms with Crippen molar-refractivity contribution in [3.05, 3.63) is 111 Å². The van der Waals surface area contributed by atoms with Crippen LogP contribution in [-0.4, -0.2) is 20.3 Å². The summed E-state index contributed by atoms with van der Waals surface area (Å²) in [6, 6.07) is 18.5. The second-order valence-electron chi connectivity index (χ2n) is 7.24. The lowest BCUT2D eigenvalue weighted by molar-refractivity contribution is 0.102. The molecule has 1 amide bonds. The van der Waals surface area contributed by atoms with Gasteiger partial charge in [-0.3, -0.25) is 14.2 Å². The molecule has 0 saturated carbocycles. The van der Waals surface area contributed by atoms with Gasteiger partial charge in [0.2, 0.25) is 0 Å². The zero-order valence-corrected chi connectivity index (χ0v) is 17.6. The first-order chi connectivity index (χ1) is 15.6. The van der Waals surface area contributed by atoms with Crippen LogP contribution in [0.5, 0.6) is 0 Å². The van der Waals surface area contributed by atoms with Crippen molar-refractivity contribution in [2.75, 3.05) is 5.32 Å². The minimum absolute atomic E-state index is 0.188. The van der Waals surface area contributed by atoms with Gasteiger partial charge in [-0.15, -0.1) is 0 Å². The highest BCUT2D eigenvalue weighted by Gasteiger charge is 2.10. The number of benzene rings is 2. The average molecular weight is 444 g/mol. The van der Waals surface area contributed by atoms with E-state index in [-0.39, 0.29) is 23.8 Å². The lowest BCUT2D eigenvalue weighted by Crippen LogP contribution is -2.24. The quantitative estimate of drug-likeness (QED) is 0.428. The van der Waals surface area contributed by atoms with Crippen LogP contribution in [0.1, 0.15) is 15.9 Å². The topological polar surface area (TPSA) is 68.9 Å². The van der Waals surface area contributed by atoms with Gasteiger partial charge in [-0.25, -0.2) is 9.07 Å². The number of fused-ring (bicyclic) bond motifs is 1. The molecule has 158 valence electrons. The summed E-state index contributed by atoms with van der Waals surface area (Å²) >= 11 is 1.46. The van der Waals surface area contributed by atoms with Crippen LogP contribution in [0, 0.1) is 5.82 Å². The van der Waals surface area contributed by atoms with Gasteiger partial charge >= 0.3 is 0 Å². The molecule has 0 unspecified atom stereocenters. The summed E-state index contributed by atoms with van der Waals surface area (Å²) in [5.41, 5.74) is 2.45. The maximum atomic E-state index is 13.7. The van der Waals surface area contributed by atoms with Gasteiger partial charge in [-0.2, -0.15) is 16.4 Å². The normalized spacial score (nSPS) is 11.0. The molecule has 0 aliphatic heterocycles. The summed E-state index contributed by atoms with van der Waals surface area (Å²) in [4.78, 5) is 24.7. The molecule has 6 nitrogen and oxygen atoms in total. The fraction of sp³-hybridized carbons (Fsp3) is 0.0417. The zero-order chi connectivity index (χ0) is 22.1. The van der Waals surface area contributed by atoms with Crippen molar-refractivity contribution >= 4 is 33.8 Å². The molecule has 3 aromatic heterocycles. The van der Waals surface area contributed by atoms with Crippen molar-refractivity contribution in [1.29, 1.82) is 0 Å². The number of nitrogens with one attached hydrogen (secondary N) is 1. The van der Waals surface area contributed by atoms with Gasteiger partial charge in [0.15, 0.2) is 5.82 Å². The predicted molar refractivity (Wildman–Crippen MR) is 123 cm³/mol. The molecule has 0 radical (unpaired) electrons. The molecule has 0 aliphatic rings. The Morgan fingerprint density at radius 1 is 1.06 bits per heavy atom. The number of nitrogens with zero attached hydrogens (tertiary/aromatic N) is 3. The number of amides is 1. The first-order valence-corrected chi connectivity index (χ1v) is 10.8. The number of halogens is 1. The van der Waals surface area contributed by atoms with Gasteiger partial charge in [0.25, 0.3) is 11.5 Å². The summed E-state index contributed by atoms with van der Waals surface area (Å²) in [5, 5.41) is 11.8. The Kier molecular flexibility index (Phi) is 5.12. The number of hydrogen-bond donors (Lipinski definition) is 1. The van der Waals surface area contributed by atoms with E-state index in [0.717, 1.165) is 10.9 Å². The molecule has 0 bridgehead atoms. The smallest absolute Gasteiger partial charge is 0.267 e. The lowest BCUT2D eigenvalue weighted by Gasteiger charge is -2.10. The Morgan fingerprint density at radius 2 is 1.97 bits per heavy atom. The summed E-state index contributed by atoms with van der Waals surface area (Å²) in [7, 11) is 0. The van der Waals surface area contributed by atoms with Crippen LogP contribution in [0.15, 0.2) is 88.5 Å². The van der Waals surface area contributed by atoms with Crippen molar-refractivity contribution < 1.29 is 9.18 Å². The summed E-state index contributed by atoms with van der Waals surface area (Å²) in [6.45, 7) is 0.225.